The molecule has 7 heteroatoms. The minimum atomic E-state index is -0.613. The first-order valence-electron chi connectivity index (χ1n) is 7.92. The second-order valence-corrected chi connectivity index (χ2v) is 6.81. The Morgan fingerprint density at radius 1 is 1.30 bits per heavy atom. The molecule has 0 aliphatic carbocycles. The van der Waals surface area contributed by atoms with Crippen LogP contribution in [0.25, 0.3) is 0 Å². The van der Waals surface area contributed by atoms with Crippen molar-refractivity contribution in [2.45, 2.75) is 59.2 Å². The van der Waals surface area contributed by atoms with E-state index in [0.717, 1.165) is 13.0 Å². The molecule has 23 heavy (non-hydrogen) atoms. The van der Waals surface area contributed by atoms with E-state index in [2.05, 4.69) is 15.6 Å². The van der Waals surface area contributed by atoms with Crippen molar-refractivity contribution in [3.63, 3.8) is 0 Å². The van der Waals surface area contributed by atoms with Gasteiger partial charge >= 0.3 is 6.09 Å². The molecule has 1 heterocycles. The van der Waals surface area contributed by atoms with Crippen molar-refractivity contribution in [1.82, 2.24) is 20.2 Å². The molecule has 130 valence electrons. The minimum absolute atomic E-state index is 0.0313. The van der Waals surface area contributed by atoms with Gasteiger partial charge in [-0.3, -0.25) is 4.79 Å². The number of rotatable bonds is 7. The number of hydrogen-bond acceptors (Lipinski definition) is 4. The van der Waals surface area contributed by atoms with E-state index in [4.69, 9.17) is 4.74 Å². The quantitative estimate of drug-likeness (QED) is 0.751. The number of aromatic nitrogens is 2. The van der Waals surface area contributed by atoms with Crippen molar-refractivity contribution in [2.75, 3.05) is 6.54 Å². The zero-order valence-electron chi connectivity index (χ0n) is 14.6. The van der Waals surface area contributed by atoms with Crippen LogP contribution in [0.1, 0.15) is 41.0 Å². The Morgan fingerprint density at radius 3 is 2.52 bits per heavy atom. The van der Waals surface area contributed by atoms with Crippen molar-refractivity contribution in [2.24, 2.45) is 5.92 Å². The molecular formula is C16H28N4O3. The van der Waals surface area contributed by atoms with E-state index in [1.165, 1.54) is 0 Å². The SMILES string of the molecule is CC(C)C(NC(=O)OC(C)(C)C)C(=O)NCCCn1ccnc1. The number of alkyl carbamates (subject to hydrolysis) is 1. The highest BCUT2D eigenvalue weighted by Crippen LogP contribution is 2.08. The number of carbonyl (C=O) groups is 2. The largest absolute Gasteiger partial charge is 0.444 e. The Morgan fingerprint density at radius 2 is 2.00 bits per heavy atom. The van der Waals surface area contributed by atoms with Gasteiger partial charge in [0, 0.05) is 25.5 Å². The maximum atomic E-state index is 12.2. The molecule has 0 aliphatic rings. The normalized spacial score (nSPS) is 12.8. The van der Waals surface area contributed by atoms with Gasteiger partial charge in [0.05, 0.1) is 6.33 Å². The predicted octanol–water partition coefficient (Wildman–Crippen LogP) is 1.94. The van der Waals surface area contributed by atoms with Gasteiger partial charge in [0.2, 0.25) is 5.91 Å². The molecule has 1 atom stereocenters. The number of amides is 2. The molecule has 0 fully saturated rings. The number of ether oxygens (including phenoxy) is 1. The molecule has 0 saturated carbocycles. The van der Waals surface area contributed by atoms with Crippen LogP contribution >= 0.6 is 0 Å². The highest BCUT2D eigenvalue weighted by molar-refractivity contribution is 5.85. The lowest BCUT2D eigenvalue weighted by Crippen LogP contribution is -2.51. The fourth-order valence-corrected chi connectivity index (χ4v) is 1.97. The van der Waals surface area contributed by atoms with Gasteiger partial charge in [-0.2, -0.15) is 0 Å². The number of nitrogens with one attached hydrogen (secondary N) is 2. The summed E-state index contributed by atoms with van der Waals surface area (Å²) >= 11 is 0. The van der Waals surface area contributed by atoms with E-state index in [9.17, 15) is 9.59 Å². The summed E-state index contributed by atoms with van der Waals surface area (Å²) in [4.78, 5) is 28.0. The van der Waals surface area contributed by atoms with Gasteiger partial charge < -0.3 is 19.9 Å². The molecule has 0 radical (unpaired) electrons. The zero-order chi connectivity index (χ0) is 17.5. The van der Waals surface area contributed by atoms with Crippen LogP contribution < -0.4 is 10.6 Å². The van der Waals surface area contributed by atoms with Gasteiger partial charge in [0.1, 0.15) is 11.6 Å². The number of imidazole rings is 1. The lowest BCUT2D eigenvalue weighted by molar-refractivity contribution is -0.124. The summed E-state index contributed by atoms with van der Waals surface area (Å²) in [6, 6.07) is -0.613. The van der Waals surface area contributed by atoms with Crippen LogP contribution in [0.2, 0.25) is 0 Å². The van der Waals surface area contributed by atoms with Gasteiger partial charge in [0.15, 0.2) is 0 Å². The Hall–Kier alpha value is -2.05. The number of hydrogen-bond donors (Lipinski definition) is 2. The maximum Gasteiger partial charge on any atom is 0.408 e. The van der Waals surface area contributed by atoms with Gasteiger partial charge in [-0.15, -0.1) is 0 Å². The molecular weight excluding hydrogens is 296 g/mol. The minimum Gasteiger partial charge on any atom is -0.444 e. The fraction of sp³-hybridized carbons (Fsp3) is 0.688. The zero-order valence-corrected chi connectivity index (χ0v) is 14.6. The van der Waals surface area contributed by atoms with Crippen LogP contribution in [0, 0.1) is 5.92 Å². The molecule has 7 nitrogen and oxygen atoms in total. The van der Waals surface area contributed by atoms with Crippen LogP contribution in [0.4, 0.5) is 4.79 Å². The summed E-state index contributed by atoms with van der Waals surface area (Å²) < 4.78 is 7.15. The van der Waals surface area contributed by atoms with Crippen LogP contribution in [-0.4, -0.2) is 39.7 Å². The van der Waals surface area contributed by atoms with E-state index in [-0.39, 0.29) is 11.8 Å². The number of nitrogens with zero attached hydrogens (tertiary/aromatic N) is 2. The Bertz CT molecular complexity index is 492. The summed E-state index contributed by atoms with van der Waals surface area (Å²) in [6.45, 7) is 10.4. The van der Waals surface area contributed by atoms with Crippen LogP contribution in [0.5, 0.6) is 0 Å². The average Bonchev–Trinajstić information content (AvgIpc) is 2.91. The third-order valence-corrected chi connectivity index (χ3v) is 3.07. The average molecular weight is 324 g/mol. The summed E-state index contributed by atoms with van der Waals surface area (Å²) in [5.74, 6) is -0.229. The maximum absolute atomic E-state index is 12.2. The molecule has 1 unspecified atom stereocenters. The van der Waals surface area contributed by atoms with Gasteiger partial charge in [0.25, 0.3) is 0 Å². The first kappa shape index (κ1) is 19.0. The second kappa shape index (κ2) is 8.55. The summed E-state index contributed by atoms with van der Waals surface area (Å²) in [5.41, 5.74) is -0.590. The topological polar surface area (TPSA) is 85.2 Å². The first-order valence-corrected chi connectivity index (χ1v) is 7.92. The Labute approximate surface area is 137 Å². The molecule has 0 aromatic carbocycles. The van der Waals surface area contributed by atoms with Crippen molar-refractivity contribution < 1.29 is 14.3 Å². The summed E-state index contributed by atoms with van der Waals surface area (Å²) in [7, 11) is 0. The van der Waals surface area contributed by atoms with Gasteiger partial charge in [-0.25, -0.2) is 9.78 Å². The number of aryl methyl sites for hydroxylation is 1. The molecule has 1 aromatic rings. The Balaban J connectivity index is 2.40. The molecule has 0 saturated heterocycles. The van der Waals surface area contributed by atoms with Crippen molar-refractivity contribution in [1.29, 1.82) is 0 Å². The fourth-order valence-electron chi connectivity index (χ4n) is 1.97. The molecule has 0 spiro atoms. The monoisotopic (exact) mass is 324 g/mol. The Kier molecular flexibility index (Phi) is 7.06. The molecule has 1 aromatic heterocycles. The lowest BCUT2D eigenvalue weighted by atomic mass is 10.0. The highest BCUT2D eigenvalue weighted by Gasteiger charge is 2.26. The molecule has 2 N–H and O–H groups in total. The van der Waals surface area contributed by atoms with Crippen molar-refractivity contribution in [3.05, 3.63) is 18.7 Å². The summed E-state index contributed by atoms with van der Waals surface area (Å²) in [6.07, 6.45) is 5.55. The molecule has 0 bridgehead atoms. The third kappa shape index (κ3) is 7.67. The van der Waals surface area contributed by atoms with E-state index in [1.54, 1.807) is 33.3 Å². The van der Waals surface area contributed by atoms with E-state index >= 15 is 0 Å². The van der Waals surface area contributed by atoms with Crippen LogP contribution in [-0.2, 0) is 16.1 Å². The van der Waals surface area contributed by atoms with Crippen molar-refractivity contribution in [3.8, 4) is 0 Å². The molecule has 0 aliphatic heterocycles. The van der Waals surface area contributed by atoms with E-state index in [1.807, 2.05) is 24.6 Å². The second-order valence-electron chi connectivity index (χ2n) is 6.81. The summed E-state index contributed by atoms with van der Waals surface area (Å²) in [5, 5.41) is 5.49. The van der Waals surface area contributed by atoms with Crippen LogP contribution in [0.3, 0.4) is 0 Å². The standard InChI is InChI=1S/C16H28N4O3/c1-12(2)13(19-15(22)23-16(3,4)5)14(21)18-7-6-9-20-10-8-17-11-20/h8,10-13H,6-7,9H2,1-5H3,(H,18,21)(H,19,22). The van der Waals surface area contributed by atoms with E-state index in [0.29, 0.717) is 6.54 Å². The van der Waals surface area contributed by atoms with Gasteiger partial charge in [-0.05, 0) is 33.1 Å². The van der Waals surface area contributed by atoms with Gasteiger partial charge in [-0.1, -0.05) is 13.8 Å². The number of carbonyl (C=O) groups excluding carboxylic acids is 2. The van der Waals surface area contributed by atoms with E-state index < -0.39 is 17.7 Å². The van der Waals surface area contributed by atoms with Crippen LogP contribution in [0.15, 0.2) is 18.7 Å². The molecule has 2 amide bonds. The molecule has 1 rings (SSSR count). The first-order chi connectivity index (χ1) is 10.7. The lowest BCUT2D eigenvalue weighted by Gasteiger charge is -2.25. The highest BCUT2D eigenvalue weighted by atomic mass is 16.6. The predicted molar refractivity (Wildman–Crippen MR) is 87.8 cm³/mol. The smallest absolute Gasteiger partial charge is 0.408 e. The van der Waals surface area contributed by atoms with Crippen molar-refractivity contribution >= 4 is 12.0 Å². The third-order valence-electron chi connectivity index (χ3n) is 3.07.